The molecule has 0 unspecified atom stereocenters. The first-order chi connectivity index (χ1) is 22.7. The van der Waals surface area contributed by atoms with E-state index in [1.54, 1.807) is 0 Å². The fourth-order valence-electron chi connectivity index (χ4n) is 4.58. The van der Waals surface area contributed by atoms with Crippen LogP contribution in [-0.4, -0.2) is 104 Å². The Hall–Kier alpha value is -1.30. The Kier molecular flexibility index (Phi) is 38.8. The van der Waals surface area contributed by atoms with Crippen molar-refractivity contribution in [2.45, 2.75) is 129 Å². The third kappa shape index (κ3) is 38.9. The summed E-state index contributed by atoms with van der Waals surface area (Å²) in [4.78, 5) is 23.5. The summed E-state index contributed by atoms with van der Waals surface area (Å²) >= 11 is 0. The lowest BCUT2D eigenvalue weighted by molar-refractivity contribution is -0.146. The van der Waals surface area contributed by atoms with Gasteiger partial charge in [0.1, 0.15) is 13.2 Å². The zero-order valence-electron chi connectivity index (χ0n) is 29.7. The molecule has 0 radical (unpaired) electrons. The maximum Gasteiger partial charge on any atom is 0.305 e. The van der Waals surface area contributed by atoms with Gasteiger partial charge in [0.05, 0.1) is 79.3 Å². The molecule has 0 atom stereocenters. The average Bonchev–Trinajstić information content (AvgIpc) is 3.05. The monoisotopic (exact) mass is 662 g/mol. The number of hydrogen-bond acceptors (Lipinski definition) is 10. The van der Waals surface area contributed by atoms with Gasteiger partial charge in [-0.25, -0.2) is 0 Å². The summed E-state index contributed by atoms with van der Waals surface area (Å²) < 4.78 is 43.2. The molecule has 0 aliphatic heterocycles. The first-order valence-electron chi connectivity index (χ1n) is 18.5. The Bertz CT molecular complexity index is 620. The highest BCUT2D eigenvalue weighted by molar-refractivity contribution is 5.69. The SMILES string of the molecule is CCCCCCCCCCCC(=O)OCCOCCOCCOCCOCCOCCOCCOC(=O)CCCCCCCCC. The summed E-state index contributed by atoms with van der Waals surface area (Å²) in [6.45, 7) is 10.6. The summed E-state index contributed by atoms with van der Waals surface area (Å²) in [5, 5.41) is 0. The number of carbonyl (C=O) groups excluding carboxylic acids is 2. The number of ether oxygens (including phenoxy) is 8. The second kappa shape index (κ2) is 39.9. The van der Waals surface area contributed by atoms with E-state index < -0.39 is 0 Å². The molecule has 0 aliphatic rings. The van der Waals surface area contributed by atoms with Crippen LogP contribution in [-0.2, 0) is 47.5 Å². The Morgan fingerprint density at radius 2 is 0.522 bits per heavy atom. The summed E-state index contributed by atoms with van der Waals surface area (Å²) in [6.07, 6.45) is 20.4. The van der Waals surface area contributed by atoms with Crippen molar-refractivity contribution in [2.75, 3.05) is 92.5 Å². The fourth-order valence-corrected chi connectivity index (χ4v) is 4.58. The van der Waals surface area contributed by atoms with Gasteiger partial charge in [0.2, 0.25) is 0 Å². The molecule has 0 bridgehead atoms. The molecular formula is C36H70O10. The third-order valence-electron chi connectivity index (χ3n) is 7.31. The first kappa shape index (κ1) is 44.7. The molecule has 0 fully saturated rings. The molecule has 0 N–H and O–H groups in total. The first-order valence-corrected chi connectivity index (χ1v) is 18.5. The van der Waals surface area contributed by atoms with Crippen molar-refractivity contribution in [3.05, 3.63) is 0 Å². The van der Waals surface area contributed by atoms with Gasteiger partial charge in [-0.1, -0.05) is 104 Å². The number of unbranched alkanes of at least 4 members (excludes halogenated alkanes) is 14. The normalized spacial score (nSPS) is 11.3. The molecule has 0 saturated heterocycles. The van der Waals surface area contributed by atoms with Crippen molar-refractivity contribution in [3.63, 3.8) is 0 Å². The van der Waals surface area contributed by atoms with E-state index in [-0.39, 0.29) is 25.2 Å². The van der Waals surface area contributed by atoms with E-state index in [1.165, 1.54) is 77.0 Å². The van der Waals surface area contributed by atoms with E-state index in [2.05, 4.69) is 13.8 Å². The van der Waals surface area contributed by atoms with Gasteiger partial charge in [0.25, 0.3) is 0 Å². The highest BCUT2D eigenvalue weighted by Crippen LogP contribution is 2.11. The van der Waals surface area contributed by atoms with Crippen LogP contribution in [0.15, 0.2) is 0 Å². The van der Waals surface area contributed by atoms with Crippen LogP contribution in [0.2, 0.25) is 0 Å². The second-order valence-corrected chi connectivity index (χ2v) is 11.6. The molecule has 46 heavy (non-hydrogen) atoms. The van der Waals surface area contributed by atoms with Gasteiger partial charge in [-0.3, -0.25) is 9.59 Å². The fraction of sp³-hybridized carbons (Fsp3) is 0.944. The van der Waals surface area contributed by atoms with Gasteiger partial charge in [0, 0.05) is 12.8 Å². The van der Waals surface area contributed by atoms with Gasteiger partial charge >= 0.3 is 11.9 Å². The third-order valence-corrected chi connectivity index (χ3v) is 7.31. The van der Waals surface area contributed by atoms with Crippen LogP contribution in [0.25, 0.3) is 0 Å². The van der Waals surface area contributed by atoms with Crippen molar-refractivity contribution in [3.8, 4) is 0 Å². The van der Waals surface area contributed by atoms with Crippen molar-refractivity contribution in [1.29, 1.82) is 0 Å². The quantitative estimate of drug-likeness (QED) is 0.0494. The summed E-state index contributed by atoms with van der Waals surface area (Å²) in [5.74, 6) is -0.277. The zero-order valence-corrected chi connectivity index (χ0v) is 29.7. The van der Waals surface area contributed by atoms with Gasteiger partial charge in [-0.05, 0) is 12.8 Å². The molecule has 0 saturated carbocycles. The molecule has 10 heteroatoms. The minimum atomic E-state index is -0.140. The molecular weight excluding hydrogens is 592 g/mol. The van der Waals surface area contributed by atoms with Gasteiger partial charge in [-0.15, -0.1) is 0 Å². The van der Waals surface area contributed by atoms with E-state index in [0.29, 0.717) is 92.1 Å². The molecule has 0 heterocycles. The predicted octanol–water partition coefficient (Wildman–Crippen LogP) is 7.23. The van der Waals surface area contributed by atoms with Crippen molar-refractivity contribution < 1.29 is 47.5 Å². The van der Waals surface area contributed by atoms with E-state index in [1.807, 2.05) is 0 Å². The lowest BCUT2D eigenvalue weighted by Gasteiger charge is -2.09. The Morgan fingerprint density at radius 3 is 0.783 bits per heavy atom. The number of esters is 2. The molecule has 0 aliphatic carbocycles. The number of rotatable bonds is 39. The van der Waals surface area contributed by atoms with Crippen LogP contribution in [0, 0.1) is 0 Å². The topological polar surface area (TPSA) is 108 Å². The molecule has 0 aromatic rings. The lowest BCUT2D eigenvalue weighted by Crippen LogP contribution is -2.15. The molecule has 0 aromatic carbocycles. The highest BCUT2D eigenvalue weighted by atomic mass is 16.6. The Labute approximate surface area is 281 Å². The van der Waals surface area contributed by atoms with Crippen LogP contribution in [0.5, 0.6) is 0 Å². The molecule has 0 spiro atoms. The molecule has 0 amide bonds. The smallest absolute Gasteiger partial charge is 0.305 e. The van der Waals surface area contributed by atoms with Crippen LogP contribution in [0.1, 0.15) is 129 Å². The Morgan fingerprint density at radius 1 is 0.304 bits per heavy atom. The predicted molar refractivity (Wildman–Crippen MR) is 181 cm³/mol. The minimum absolute atomic E-state index is 0.136. The van der Waals surface area contributed by atoms with Gasteiger partial charge in [-0.2, -0.15) is 0 Å². The number of carbonyl (C=O) groups is 2. The maximum absolute atomic E-state index is 11.8. The van der Waals surface area contributed by atoms with Crippen LogP contribution >= 0.6 is 0 Å². The lowest BCUT2D eigenvalue weighted by atomic mass is 10.1. The van der Waals surface area contributed by atoms with Crippen molar-refractivity contribution in [1.82, 2.24) is 0 Å². The Balaban J connectivity index is 3.17. The molecule has 0 aromatic heterocycles. The van der Waals surface area contributed by atoms with Crippen LogP contribution in [0.4, 0.5) is 0 Å². The van der Waals surface area contributed by atoms with E-state index in [4.69, 9.17) is 37.9 Å². The molecule has 10 nitrogen and oxygen atoms in total. The van der Waals surface area contributed by atoms with Crippen LogP contribution in [0.3, 0.4) is 0 Å². The minimum Gasteiger partial charge on any atom is -0.463 e. The standard InChI is InChI=1S/C36H70O10/c1-3-5-7-9-11-12-14-16-18-20-36(38)46-34-32-44-30-28-42-26-24-40-22-21-39-23-25-41-27-29-43-31-33-45-35(37)19-17-15-13-10-8-6-4-2/h3-34H2,1-2H3. The highest BCUT2D eigenvalue weighted by Gasteiger charge is 2.04. The number of hydrogen-bond donors (Lipinski definition) is 0. The largest absolute Gasteiger partial charge is 0.463 e. The summed E-state index contributed by atoms with van der Waals surface area (Å²) in [7, 11) is 0. The van der Waals surface area contributed by atoms with Crippen LogP contribution < -0.4 is 0 Å². The molecule has 274 valence electrons. The van der Waals surface area contributed by atoms with Gasteiger partial charge < -0.3 is 37.9 Å². The van der Waals surface area contributed by atoms with Crippen molar-refractivity contribution >= 4 is 11.9 Å². The summed E-state index contributed by atoms with van der Waals surface area (Å²) in [5.41, 5.74) is 0. The second-order valence-electron chi connectivity index (χ2n) is 11.6. The van der Waals surface area contributed by atoms with Crippen molar-refractivity contribution in [2.24, 2.45) is 0 Å². The van der Waals surface area contributed by atoms with E-state index >= 15 is 0 Å². The zero-order chi connectivity index (χ0) is 33.4. The van der Waals surface area contributed by atoms with E-state index in [9.17, 15) is 9.59 Å². The average molecular weight is 663 g/mol. The summed E-state index contributed by atoms with van der Waals surface area (Å²) in [6, 6.07) is 0. The van der Waals surface area contributed by atoms with E-state index in [0.717, 1.165) is 25.7 Å². The maximum atomic E-state index is 11.8. The van der Waals surface area contributed by atoms with Gasteiger partial charge in [0.15, 0.2) is 0 Å². The molecule has 0 rings (SSSR count).